The average Bonchev–Trinajstić information content (AvgIpc) is 2.91. The van der Waals surface area contributed by atoms with Crippen molar-refractivity contribution in [2.45, 2.75) is 31.3 Å². The van der Waals surface area contributed by atoms with Crippen molar-refractivity contribution >= 4 is 42.8 Å². The molecule has 6 nitrogen and oxygen atoms in total. The highest BCUT2D eigenvalue weighted by atomic mass is 79.9. The summed E-state index contributed by atoms with van der Waals surface area (Å²) >= 11 is 3.61. The molecule has 0 fully saturated rings. The number of likely N-dealkylation sites (N-methyl/N-ethyl adjacent to an activating group) is 1. The fourth-order valence-corrected chi connectivity index (χ4v) is 4.28. The second-order valence-corrected chi connectivity index (χ2v) is 9.15. The zero-order valence-corrected chi connectivity index (χ0v) is 18.3. The molecule has 2 N–H and O–H groups in total. The van der Waals surface area contributed by atoms with Gasteiger partial charge in [0.05, 0.1) is 10.9 Å². The number of aromatic nitrogens is 1. The van der Waals surface area contributed by atoms with E-state index in [2.05, 4.69) is 15.9 Å². The number of para-hydroxylation sites is 1. The first-order valence-corrected chi connectivity index (χ1v) is 11.1. The van der Waals surface area contributed by atoms with Crippen molar-refractivity contribution in [1.82, 2.24) is 9.47 Å². The number of hydrogen-bond acceptors (Lipinski definition) is 3. The molecule has 0 aliphatic heterocycles. The standard InChI is InChI=1S/C20H22BrN3O3S/c1-13(15-8-10-16(11-9-15)28(22,26)27)23(3)19(25)12-24-14(2)20(21)17-6-4-5-7-18(17)24/h4-11,13H,12H2,1-3H3,(H2,22,26,27). The smallest absolute Gasteiger partial charge is 0.242 e. The minimum atomic E-state index is -3.73. The molecule has 28 heavy (non-hydrogen) atoms. The fraction of sp³-hybridized carbons (Fsp3) is 0.250. The third kappa shape index (κ3) is 3.85. The van der Waals surface area contributed by atoms with E-state index in [9.17, 15) is 13.2 Å². The predicted molar refractivity (Wildman–Crippen MR) is 113 cm³/mol. The predicted octanol–water partition coefficient (Wildman–Crippen LogP) is 3.58. The summed E-state index contributed by atoms with van der Waals surface area (Å²) < 4.78 is 25.8. The lowest BCUT2D eigenvalue weighted by atomic mass is 10.1. The van der Waals surface area contributed by atoms with Crippen LogP contribution in [-0.4, -0.2) is 30.8 Å². The Bertz CT molecular complexity index is 1140. The van der Waals surface area contributed by atoms with Crippen LogP contribution in [-0.2, 0) is 21.4 Å². The van der Waals surface area contributed by atoms with Gasteiger partial charge in [-0.15, -0.1) is 0 Å². The highest BCUT2D eigenvalue weighted by molar-refractivity contribution is 9.10. The lowest BCUT2D eigenvalue weighted by molar-refractivity contribution is -0.132. The molecule has 1 aromatic heterocycles. The first-order chi connectivity index (χ1) is 13.1. The molecular formula is C20H22BrN3O3S. The second kappa shape index (κ2) is 7.69. The number of halogens is 1. The number of benzene rings is 2. The average molecular weight is 464 g/mol. The van der Waals surface area contributed by atoms with Gasteiger partial charge >= 0.3 is 0 Å². The van der Waals surface area contributed by atoms with Crippen LogP contribution in [0.15, 0.2) is 57.9 Å². The highest BCUT2D eigenvalue weighted by Gasteiger charge is 2.21. The first-order valence-electron chi connectivity index (χ1n) is 8.73. The van der Waals surface area contributed by atoms with Gasteiger partial charge in [-0.05, 0) is 53.5 Å². The van der Waals surface area contributed by atoms with Gasteiger partial charge in [-0.1, -0.05) is 30.3 Å². The van der Waals surface area contributed by atoms with Gasteiger partial charge in [-0.3, -0.25) is 4.79 Å². The third-order valence-corrected chi connectivity index (χ3v) is 7.04. The van der Waals surface area contributed by atoms with Gasteiger partial charge in [0.15, 0.2) is 0 Å². The van der Waals surface area contributed by atoms with Crippen molar-refractivity contribution in [3.8, 4) is 0 Å². The number of fused-ring (bicyclic) bond motifs is 1. The Morgan fingerprint density at radius 1 is 1.18 bits per heavy atom. The van der Waals surface area contributed by atoms with Gasteiger partial charge < -0.3 is 9.47 Å². The number of carbonyl (C=O) groups excluding carboxylic acids is 1. The fourth-order valence-electron chi connectivity index (χ4n) is 3.21. The molecule has 1 atom stereocenters. The van der Waals surface area contributed by atoms with E-state index in [0.717, 1.165) is 26.6 Å². The quantitative estimate of drug-likeness (QED) is 0.627. The summed E-state index contributed by atoms with van der Waals surface area (Å²) in [6.45, 7) is 4.10. The summed E-state index contributed by atoms with van der Waals surface area (Å²) in [6.07, 6.45) is 0. The van der Waals surface area contributed by atoms with E-state index in [1.807, 2.05) is 42.7 Å². The van der Waals surface area contributed by atoms with E-state index in [1.54, 1.807) is 24.1 Å². The van der Waals surface area contributed by atoms with Gasteiger partial charge in [-0.2, -0.15) is 0 Å². The molecule has 1 amide bonds. The number of nitrogens with two attached hydrogens (primary N) is 1. The summed E-state index contributed by atoms with van der Waals surface area (Å²) in [5, 5.41) is 6.21. The van der Waals surface area contributed by atoms with Crippen LogP contribution in [0.3, 0.4) is 0 Å². The Hall–Kier alpha value is -2.16. The zero-order valence-electron chi connectivity index (χ0n) is 15.9. The number of rotatable bonds is 5. The van der Waals surface area contributed by atoms with Crippen molar-refractivity contribution in [1.29, 1.82) is 0 Å². The maximum absolute atomic E-state index is 12.9. The number of carbonyl (C=O) groups is 1. The molecule has 0 aliphatic carbocycles. The van der Waals surface area contributed by atoms with Gasteiger partial charge in [0, 0.05) is 28.1 Å². The van der Waals surface area contributed by atoms with Crippen LogP contribution in [0.5, 0.6) is 0 Å². The number of amides is 1. The second-order valence-electron chi connectivity index (χ2n) is 6.80. The Morgan fingerprint density at radius 2 is 1.79 bits per heavy atom. The Kier molecular flexibility index (Phi) is 5.65. The molecule has 3 aromatic rings. The van der Waals surface area contributed by atoms with Gasteiger partial charge in [0.2, 0.25) is 15.9 Å². The summed E-state index contributed by atoms with van der Waals surface area (Å²) in [5.41, 5.74) is 2.82. The maximum atomic E-state index is 12.9. The normalized spacial score (nSPS) is 12.9. The molecule has 0 bridgehead atoms. The van der Waals surface area contributed by atoms with E-state index in [4.69, 9.17) is 5.14 Å². The van der Waals surface area contributed by atoms with Crippen LogP contribution >= 0.6 is 15.9 Å². The number of hydrogen-bond donors (Lipinski definition) is 1. The minimum absolute atomic E-state index is 0.0422. The van der Waals surface area contributed by atoms with Crippen molar-refractivity contribution in [3.63, 3.8) is 0 Å². The van der Waals surface area contributed by atoms with Crippen LogP contribution in [0.2, 0.25) is 0 Å². The van der Waals surface area contributed by atoms with Crippen LogP contribution in [0.4, 0.5) is 0 Å². The molecule has 0 spiro atoms. The van der Waals surface area contributed by atoms with Crippen molar-refractivity contribution in [3.05, 3.63) is 64.3 Å². The van der Waals surface area contributed by atoms with Crippen molar-refractivity contribution in [2.24, 2.45) is 5.14 Å². The van der Waals surface area contributed by atoms with Gasteiger partial charge in [0.1, 0.15) is 6.54 Å². The summed E-state index contributed by atoms with van der Waals surface area (Å²) in [7, 11) is -1.99. The van der Waals surface area contributed by atoms with Crippen LogP contribution in [0.25, 0.3) is 10.9 Å². The topological polar surface area (TPSA) is 85.4 Å². The lowest BCUT2D eigenvalue weighted by Crippen LogP contribution is -2.32. The van der Waals surface area contributed by atoms with Crippen LogP contribution in [0, 0.1) is 6.92 Å². The SMILES string of the molecule is Cc1c(Br)c2ccccc2n1CC(=O)N(C)C(C)c1ccc(S(N)(=O)=O)cc1. The van der Waals surface area contributed by atoms with E-state index in [-0.39, 0.29) is 23.4 Å². The molecule has 2 aromatic carbocycles. The highest BCUT2D eigenvalue weighted by Crippen LogP contribution is 2.31. The largest absolute Gasteiger partial charge is 0.337 e. The van der Waals surface area contributed by atoms with Crippen LogP contribution in [0.1, 0.15) is 24.2 Å². The molecule has 8 heteroatoms. The molecule has 1 heterocycles. The minimum Gasteiger partial charge on any atom is -0.337 e. The summed E-state index contributed by atoms with van der Waals surface area (Å²) in [4.78, 5) is 14.6. The Morgan fingerprint density at radius 3 is 2.39 bits per heavy atom. The summed E-state index contributed by atoms with van der Waals surface area (Å²) in [5.74, 6) is -0.0422. The lowest BCUT2D eigenvalue weighted by Gasteiger charge is -2.26. The Labute approximate surface area is 173 Å². The van der Waals surface area contributed by atoms with Gasteiger partial charge in [0.25, 0.3) is 0 Å². The van der Waals surface area contributed by atoms with E-state index in [1.165, 1.54) is 12.1 Å². The van der Waals surface area contributed by atoms with E-state index >= 15 is 0 Å². The molecule has 0 saturated heterocycles. The maximum Gasteiger partial charge on any atom is 0.242 e. The number of primary sulfonamides is 1. The summed E-state index contributed by atoms with van der Waals surface area (Å²) in [6, 6.07) is 14.0. The van der Waals surface area contributed by atoms with Crippen molar-refractivity contribution < 1.29 is 13.2 Å². The van der Waals surface area contributed by atoms with E-state index in [0.29, 0.717) is 0 Å². The molecular weight excluding hydrogens is 442 g/mol. The molecule has 1 unspecified atom stereocenters. The number of nitrogens with zero attached hydrogens (tertiary/aromatic N) is 2. The van der Waals surface area contributed by atoms with Crippen molar-refractivity contribution in [2.75, 3.05) is 7.05 Å². The molecule has 0 saturated carbocycles. The first kappa shape index (κ1) is 20.6. The molecule has 3 rings (SSSR count). The molecule has 0 aliphatic rings. The monoisotopic (exact) mass is 463 g/mol. The van der Waals surface area contributed by atoms with Crippen LogP contribution < -0.4 is 5.14 Å². The number of sulfonamides is 1. The Balaban J connectivity index is 1.82. The molecule has 148 valence electrons. The zero-order chi connectivity index (χ0) is 20.6. The van der Waals surface area contributed by atoms with Gasteiger partial charge in [-0.25, -0.2) is 13.6 Å². The third-order valence-electron chi connectivity index (χ3n) is 5.11. The van der Waals surface area contributed by atoms with E-state index < -0.39 is 10.0 Å². The molecule has 0 radical (unpaired) electrons.